The van der Waals surface area contributed by atoms with Crippen molar-refractivity contribution in [1.29, 1.82) is 0 Å². The van der Waals surface area contributed by atoms with Gasteiger partial charge in [0.2, 0.25) is 5.91 Å². The normalized spacial score (nSPS) is 10.9. The molecular weight excluding hydrogens is 474 g/mol. The van der Waals surface area contributed by atoms with Crippen molar-refractivity contribution in [2.45, 2.75) is 19.0 Å². The van der Waals surface area contributed by atoms with Crippen LogP contribution in [-0.4, -0.2) is 21.2 Å². The number of anilines is 1. The van der Waals surface area contributed by atoms with Gasteiger partial charge in [-0.05, 0) is 65.7 Å². The van der Waals surface area contributed by atoms with Gasteiger partial charge >= 0.3 is 0 Å². The zero-order valence-electron chi connectivity index (χ0n) is 17.1. The van der Waals surface area contributed by atoms with Crippen molar-refractivity contribution in [1.82, 2.24) is 9.55 Å². The highest BCUT2D eigenvalue weighted by molar-refractivity contribution is 9.10. The van der Waals surface area contributed by atoms with Crippen molar-refractivity contribution in [2.75, 3.05) is 11.1 Å². The first-order chi connectivity index (χ1) is 14.9. The number of hydrogen-bond donors (Lipinski definition) is 1. The van der Waals surface area contributed by atoms with Crippen LogP contribution in [0.15, 0.2) is 81.2 Å². The number of rotatable bonds is 5. The highest BCUT2D eigenvalue weighted by Crippen LogP contribution is 2.25. The lowest BCUT2D eigenvalue weighted by Crippen LogP contribution is -2.23. The van der Waals surface area contributed by atoms with Crippen molar-refractivity contribution >= 4 is 50.2 Å². The van der Waals surface area contributed by atoms with Gasteiger partial charge in [-0.2, -0.15) is 0 Å². The number of fused-ring (bicyclic) bond motifs is 1. The average molecular weight is 494 g/mol. The first kappa shape index (κ1) is 21.3. The third-order valence-corrected chi connectivity index (χ3v) is 6.45. The van der Waals surface area contributed by atoms with E-state index in [2.05, 4.69) is 21.2 Å². The lowest BCUT2D eigenvalue weighted by molar-refractivity contribution is -0.113. The molecule has 0 unspecified atom stereocenters. The van der Waals surface area contributed by atoms with E-state index >= 15 is 0 Å². The van der Waals surface area contributed by atoms with Crippen LogP contribution in [0.3, 0.4) is 0 Å². The zero-order chi connectivity index (χ0) is 22.0. The van der Waals surface area contributed by atoms with E-state index in [-0.39, 0.29) is 17.2 Å². The number of hydrogen-bond acceptors (Lipinski definition) is 4. The van der Waals surface area contributed by atoms with Crippen molar-refractivity contribution in [2.24, 2.45) is 0 Å². The molecule has 3 aromatic carbocycles. The third-order valence-electron chi connectivity index (χ3n) is 4.82. The number of benzene rings is 3. The van der Waals surface area contributed by atoms with Crippen LogP contribution >= 0.6 is 27.7 Å². The lowest BCUT2D eigenvalue weighted by atomic mass is 10.1. The number of thioether (sulfide) groups is 1. The molecule has 0 aliphatic carbocycles. The second kappa shape index (κ2) is 9.08. The molecule has 5 nitrogen and oxygen atoms in total. The Labute approximate surface area is 192 Å². The molecule has 1 N–H and O–H groups in total. The average Bonchev–Trinajstić information content (AvgIpc) is 2.75. The number of halogens is 1. The van der Waals surface area contributed by atoms with E-state index in [1.165, 1.54) is 11.8 Å². The van der Waals surface area contributed by atoms with Crippen LogP contribution in [0.4, 0.5) is 5.69 Å². The van der Waals surface area contributed by atoms with Gasteiger partial charge in [0.1, 0.15) is 0 Å². The Morgan fingerprint density at radius 1 is 1.06 bits per heavy atom. The maximum atomic E-state index is 13.4. The number of para-hydroxylation sites is 2. The van der Waals surface area contributed by atoms with Gasteiger partial charge in [-0.1, -0.05) is 53.7 Å². The van der Waals surface area contributed by atoms with Gasteiger partial charge < -0.3 is 5.32 Å². The van der Waals surface area contributed by atoms with Crippen LogP contribution < -0.4 is 10.9 Å². The summed E-state index contributed by atoms with van der Waals surface area (Å²) in [6.07, 6.45) is 0. The molecule has 1 aromatic heterocycles. The molecule has 4 aromatic rings. The molecule has 4 rings (SSSR count). The van der Waals surface area contributed by atoms with E-state index in [4.69, 9.17) is 4.98 Å². The summed E-state index contributed by atoms with van der Waals surface area (Å²) in [5, 5.41) is 3.92. The van der Waals surface area contributed by atoms with Crippen molar-refractivity contribution < 1.29 is 4.79 Å². The molecule has 0 radical (unpaired) electrons. The van der Waals surface area contributed by atoms with Gasteiger partial charge in [-0.25, -0.2) is 4.98 Å². The number of nitrogens with zero attached hydrogens (tertiary/aromatic N) is 2. The molecule has 0 aliphatic rings. The predicted octanol–water partition coefficient (Wildman–Crippen LogP) is 5.50. The molecular formula is C24H20BrN3O2S. The van der Waals surface area contributed by atoms with Crippen molar-refractivity contribution in [3.8, 4) is 5.69 Å². The summed E-state index contributed by atoms with van der Waals surface area (Å²) in [6, 6.07) is 20.6. The van der Waals surface area contributed by atoms with Crippen molar-refractivity contribution in [3.63, 3.8) is 0 Å². The van der Waals surface area contributed by atoms with Gasteiger partial charge in [0.25, 0.3) is 5.56 Å². The van der Waals surface area contributed by atoms with Crippen LogP contribution in [0.25, 0.3) is 16.6 Å². The molecule has 1 heterocycles. The molecule has 7 heteroatoms. The minimum Gasteiger partial charge on any atom is -0.324 e. The summed E-state index contributed by atoms with van der Waals surface area (Å²) in [6.45, 7) is 3.98. The lowest BCUT2D eigenvalue weighted by Gasteiger charge is -2.15. The van der Waals surface area contributed by atoms with Gasteiger partial charge in [0.15, 0.2) is 5.16 Å². The highest BCUT2D eigenvalue weighted by Gasteiger charge is 2.16. The fourth-order valence-corrected chi connectivity index (χ4v) is 4.55. The van der Waals surface area contributed by atoms with Crippen LogP contribution in [0.1, 0.15) is 11.1 Å². The molecule has 1 amide bonds. The molecule has 31 heavy (non-hydrogen) atoms. The van der Waals surface area contributed by atoms with E-state index in [9.17, 15) is 9.59 Å². The summed E-state index contributed by atoms with van der Waals surface area (Å²) in [4.78, 5) is 30.7. The molecule has 0 spiro atoms. The number of aromatic nitrogens is 2. The van der Waals surface area contributed by atoms with Gasteiger partial charge in [0, 0.05) is 4.47 Å². The number of carbonyl (C=O) groups is 1. The largest absolute Gasteiger partial charge is 0.324 e. The van der Waals surface area contributed by atoms with Crippen molar-refractivity contribution in [3.05, 3.63) is 92.7 Å². The SMILES string of the molecule is Cc1ccc(-n2c(SCC(=O)Nc3ccccc3Br)nc3ccccc3c2=O)c(C)c1. The number of carbonyl (C=O) groups excluding carboxylic acids is 1. The first-order valence-electron chi connectivity index (χ1n) is 9.70. The summed E-state index contributed by atoms with van der Waals surface area (Å²) in [7, 11) is 0. The summed E-state index contributed by atoms with van der Waals surface area (Å²) in [5.41, 5.74) is 4.02. The number of nitrogens with one attached hydrogen (secondary N) is 1. The maximum absolute atomic E-state index is 13.4. The van der Waals surface area contributed by atoms with E-state index < -0.39 is 0 Å². The maximum Gasteiger partial charge on any atom is 0.266 e. The van der Waals surface area contributed by atoms with Gasteiger partial charge in [0.05, 0.1) is 28.0 Å². The second-order valence-electron chi connectivity index (χ2n) is 7.16. The first-order valence-corrected chi connectivity index (χ1v) is 11.5. The van der Waals surface area contributed by atoms with Gasteiger partial charge in [-0.3, -0.25) is 14.2 Å². The minimum atomic E-state index is -0.175. The Morgan fingerprint density at radius 3 is 2.58 bits per heavy atom. The minimum absolute atomic E-state index is 0.122. The molecule has 0 aliphatic heterocycles. The Bertz CT molecular complexity index is 1350. The molecule has 0 bridgehead atoms. The van der Waals surface area contributed by atoms with E-state index in [1.54, 1.807) is 10.6 Å². The van der Waals surface area contributed by atoms with Crippen LogP contribution in [-0.2, 0) is 4.79 Å². The summed E-state index contributed by atoms with van der Waals surface area (Å²) < 4.78 is 2.41. The highest BCUT2D eigenvalue weighted by atomic mass is 79.9. The van der Waals surface area contributed by atoms with E-state index in [0.717, 1.165) is 21.3 Å². The van der Waals surface area contributed by atoms with Crippen LogP contribution in [0, 0.1) is 13.8 Å². The van der Waals surface area contributed by atoms with Gasteiger partial charge in [-0.15, -0.1) is 0 Å². The second-order valence-corrected chi connectivity index (χ2v) is 8.96. The zero-order valence-corrected chi connectivity index (χ0v) is 19.5. The topological polar surface area (TPSA) is 64.0 Å². The summed E-state index contributed by atoms with van der Waals surface area (Å²) in [5.74, 6) is -0.0525. The quantitative estimate of drug-likeness (QED) is 0.294. The Morgan fingerprint density at radius 2 is 1.81 bits per heavy atom. The Hall–Kier alpha value is -2.90. The number of aryl methyl sites for hydroxylation is 2. The third kappa shape index (κ3) is 4.57. The Kier molecular flexibility index (Phi) is 6.25. The molecule has 0 saturated carbocycles. The fourth-order valence-electron chi connectivity index (χ4n) is 3.36. The van der Waals surface area contributed by atoms with E-state index in [0.29, 0.717) is 21.7 Å². The van der Waals surface area contributed by atoms with Crippen LogP contribution in [0.5, 0.6) is 0 Å². The summed E-state index contributed by atoms with van der Waals surface area (Å²) >= 11 is 4.68. The predicted molar refractivity (Wildman–Crippen MR) is 130 cm³/mol. The molecule has 0 fully saturated rings. The molecule has 0 atom stereocenters. The van der Waals surface area contributed by atoms with E-state index in [1.807, 2.05) is 74.5 Å². The Balaban J connectivity index is 1.72. The smallest absolute Gasteiger partial charge is 0.266 e. The molecule has 0 saturated heterocycles. The fraction of sp³-hybridized carbons (Fsp3) is 0.125. The van der Waals surface area contributed by atoms with Crippen LogP contribution in [0.2, 0.25) is 0 Å². The molecule has 156 valence electrons. The monoisotopic (exact) mass is 493 g/mol. The standard InChI is InChI=1S/C24H20BrN3O2S/c1-15-11-12-21(16(2)13-15)28-23(30)17-7-3-5-9-19(17)27-24(28)31-14-22(29)26-20-10-6-4-8-18(20)25/h3-13H,14H2,1-2H3,(H,26,29). The number of amides is 1.